The van der Waals surface area contributed by atoms with Gasteiger partial charge in [0.2, 0.25) is 5.91 Å². The van der Waals surface area contributed by atoms with Crippen LogP contribution in [-0.4, -0.2) is 33.8 Å². The number of unbranched alkanes of at least 4 members (excludes halogenated alkanes) is 1. The van der Waals surface area contributed by atoms with E-state index in [1.165, 1.54) is 6.42 Å². The summed E-state index contributed by atoms with van der Waals surface area (Å²) in [6.45, 7) is 3.31. The first kappa shape index (κ1) is 20.6. The van der Waals surface area contributed by atoms with E-state index in [9.17, 15) is 9.59 Å². The maximum Gasteiger partial charge on any atom is 0.254 e. The summed E-state index contributed by atoms with van der Waals surface area (Å²) in [7, 11) is 0. The highest BCUT2D eigenvalue weighted by Gasteiger charge is 2.54. The molecule has 1 aromatic carbocycles. The van der Waals surface area contributed by atoms with E-state index in [2.05, 4.69) is 22.1 Å². The second-order valence-corrected chi connectivity index (χ2v) is 8.57. The number of hydrogen-bond donors (Lipinski definition) is 1. The number of pyridine rings is 1. The number of rotatable bonds is 6. The number of aromatic nitrogens is 1. The molecular weight excluding hydrogens is 374 g/mol. The molecule has 2 heterocycles. The average Bonchev–Trinajstić information content (AvgIpc) is 2.79. The number of nitrogens with one attached hydrogen (secondary N) is 1. The molecular formula is C25H31N3O2. The lowest BCUT2D eigenvalue weighted by Crippen LogP contribution is -2.62. The van der Waals surface area contributed by atoms with Crippen LogP contribution in [0.15, 0.2) is 48.8 Å². The molecule has 5 heteroatoms. The number of carbonyl (C=O) groups excluding carboxylic acids is 2. The molecule has 158 valence electrons. The molecule has 2 aromatic rings. The Hall–Kier alpha value is -2.69. The van der Waals surface area contributed by atoms with Crippen molar-refractivity contribution in [1.82, 2.24) is 15.2 Å². The van der Waals surface area contributed by atoms with Crippen molar-refractivity contribution in [1.29, 1.82) is 0 Å². The van der Waals surface area contributed by atoms with E-state index in [1.807, 2.05) is 36.4 Å². The molecule has 1 atom stereocenters. The van der Waals surface area contributed by atoms with Gasteiger partial charge in [-0.25, -0.2) is 0 Å². The second kappa shape index (κ2) is 8.99. The lowest BCUT2D eigenvalue weighted by molar-refractivity contribution is -0.127. The maximum absolute atomic E-state index is 13.7. The third kappa shape index (κ3) is 3.73. The number of amides is 2. The van der Waals surface area contributed by atoms with Crippen LogP contribution >= 0.6 is 0 Å². The molecule has 4 rings (SSSR count). The summed E-state index contributed by atoms with van der Waals surface area (Å²) in [6, 6.07) is 11.6. The largest absolute Gasteiger partial charge is 0.351 e. The highest BCUT2D eigenvalue weighted by molar-refractivity contribution is 6.02. The van der Waals surface area contributed by atoms with Gasteiger partial charge in [-0.05, 0) is 42.5 Å². The number of carbonyl (C=O) groups is 2. The van der Waals surface area contributed by atoms with E-state index < -0.39 is 5.54 Å². The lowest BCUT2D eigenvalue weighted by atomic mass is 9.65. The SMILES string of the molecule is CCCCN1C(=O)c2ccccc2[C@H](C(=O)NCc2cccnc2)C12CCCCC2. The van der Waals surface area contributed by atoms with Crippen molar-refractivity contribution in [2.75, 3.05) is 6.54 Å². The lowest BCUT2D eigenvalue weighted by Gasteiger charge is -2.53. The highest BCUT2D eigenvalue weighted by atomic mass is 16.2. The number of hydrogen-bond acceptors (Lipinski definition) is 3. The van der Waals surface area contributed by atoms with Crippen LogP contribution in [0.5, 0.6) is 0 Å². The minimum absolute atomic E-state index is 0.0159. The zero-order chi connectivity index (χ0) is 21.0. The fourth-order valence-corrected chi connectivity index (χ4v) is 5.28. The van der Waals surface area contributed by atoms with Crippen LogP contribution < -0.4 is 5.32 Å². The van der Waals surface area contributed by atoms with Crippen LogP contribution in [0.1, 0.15) is 79.3 Å². The average molecular weight is 406 g/mol. The van der Waals surface area contributed by atoms with Crippen molar-refractivity contribution in [3.8, 4) is 0 Å². The Labute approximate surface area is 178 Å². The molecule has 0 saturated heterocycles. The summed E-state index contributed by atoms with van der Waals surface area (Å²) >= 11 is 0. The van der Waals surface area contributed by atoms with Crippen LogP contribution in [0.25, 0.3) is 0 Å². The van der Waals surface area contributed by atoms with E-state index in [1.54, 1.807) is 12.4 Å². The van der Waals surface area contributed by atoms with Gasteiger partial charge in [0.15, 0.2) is 0 Å². The number of benzene rings is 1. The van der Waals surface area contributed by atoms with E-state index in [0.717, 1.165) is 56.2 Å². The monoisotopic (exact) mass is 405 g/mol. The number of fused-ring (bicyclic) bond motifs is 1. The second-order valence-electron chi connectivity index (χ2n) is 8.57. The van der Waals surface area contributed by atoms with Crippen molar-refractivity contribution >= 4 is 11.8 Å². The molecule has 5 nitrogen and oxygen atoms in total. The molecule has 30 heavy (non-hydrogen) atoms. The molecule has 1 aromatic heterocycles. The van der Waals surface area contributed by atoms with Crippen LogP contribution in [-0.2, 0) is 11.3 Å². The fourth-order valence-electron chi connectivity index (χ4n) is 5.28. The molecule has 0 radical (unpaired) electrons. The minimum Gasteiger partial charge on any atom is -0.351 e. The molecule has 0 unspecified atom stereocenters. The summed E-state index contributed by atoms with van der Waals surface area (Å²) in [5.74, 6) is -0.223. The first-order valence-electron chi connectivity index (χ1n) is 11.2. The van der Waals surface area contributed by atoms with E-state index in [4.69, 9.17) is 0 Å². The molecule has 1 spiro atoms. The van der Waals surface area contributed by atoms with Gasteiger partial charge >= 0.3 is 0 Å². The fraction of sp³-hybridized carbons (Fsp3) is 0.480. The van der Waals surface area contributed by atoms with E-state index >= 15 is 0 Å². The van der Waals surface area contributed by atoms with Gasteiger partial charge in [-0.2, -0.15) is 0 Å². The van der Waals surface area contributed by atoms with Crippen LogP contribution in [0, 0.1) is 0 Å². The van der Waals surface area contributed by atoms with Crippen LogP contribution in [0.3, 0.4) is 0 Å². The maximum atomic E-state index is 13.7. The third-order valence-electron chi connectivity index (χ3n) is 6.73. The molecule has 2 aliphatic rings. The number of nitrogens with zero attached hydrogens (tertiary/aromatic N) is 2. The smallest absolute Gasteiger partial charge is 0.254 e. The third-order valence-corrected chi connectivity index (χ3v) is 6.73. The molecule has 1 fully saturated rings. The van der Waals surface area contributed by atoms with Gasteiger partial charge in [-0.15, -0.1) is 0 Å². The molecule has 2 amide bonds. The van der Waals surface area contributed by atoms with Gasteiger partial charge in [0, 0.05) is 31.0 Å². The zero-order valence-corrected chi connectivity index (χ0v) is 17.8. The van der Waals surface area contributed by atoms with Gasteiger partial charge < -0.3 is 10.2 Å². The molecule has 1 aliphatic heterocycles. The summed E-state index contributed by atoms with van der Waals surface area (Å²) in [6.07, 6.45) is 10.6. The van der Waals surface area contributed by atoms with Crippen molar-refractivity contribution in [2.45, 2.75) is 69.9 Å². The van der Waals surface area contributed by atoms with Gasteiger partial charge in [0.05, 0.1) is 11.5 Å². The summed E-state index contributed by atoms with van der Waals surface area (Å²) in [4.78, 5) is 33.4. The minimum atomic E-state index is -0.419. The Bertz CT molecular complexity index is 890. The molecule has 1 saturated carbocycles. The Kier molecular flexibility index (Phi) is 6.16. The predicted octanol–water partition coefficient (Wildman–Crippen LogP) is 4.44. The summed E-state index contributed by atoms with van der Waals surface area (Å²) in [5, 5.41) is 3.16. The van der Waals surface area contributed by atoms with Crippen LogP contribution in [0.4, 0.5) is 0 Å². The topological polar surface area (TPSA) is 62.3 Å². The Morgan fingerprint density at radius 3 is 2.70 bits per heavy atom. The van der Waals surface area contributed by atoms with Gasteiger partial charge in [0.25, 0.3) is 5.91 Å². The molecule has 0 bridgehead atoms. The quantitative estimate of drug-likeness (QED) is 0.773. The normalized spacial score (nSPS) is 20.1. The van der Waals surface area contributed by atoms with E-state index in [0.29, 0.717) is 12.1 Å². The molecule has 1 N–H and O–H groups in total. The van der Waals surface area contributed by atoms with Crippen molar-refractivity contribution in [2.24, 2.45) is 0 Å². The van der Waals surface area contributed by atoms with Crippen molar-refractivity contribution < 1.29 is 9.59 Å². The standard InChI is InChI=1S/C25H31N3O2/c1-2-3-16-28-24(30)21-12-6-5-11-20(21)22(25(28)13-7-4-8-14-25)23(29)27-18-19-10-9-15-26-17-19/h5-6,9-12,15,17,22H,2-4,7-8,13-14,16,18H2,1H3,(H,27,29)/t22-/m1/s1. The van der Waals surface area contributed by atoms with Crippen molar-refractivity contribution in [3.63, 3.8) is 0 Å². The Balaban J connectivity index is 1.72. The van der Waals surface area contributed by atoms with Gasteiger partial charge in [-0.1, -0.05) is 56.9 Å². The first-order valence-corrected chi connectivity index (χ1v) is 11.2. The summed E-state index contributed by atoms with van der Waals surface area (Å²) < 4.78 is 0. The van der Waals surface area contributed by atoms with E-state index in [-0.39, 0.29) is 17.7 Å². The predicted molar refractivity (Wildman–Crippen MR) is 117 cm³/mol. The van der Waals surface area contributed by atoms with Gasteiger partial charge in [0.1, 0.15) is 0 Å². The van der Waals surface area contributed by atoms with Crippen molar-refractivity contribution in [3.05, 3.63) is 65.5 Å². The van der Waals surface area contributed by atoms with Crippen LogP contribution in [0.2, 0.25) is 0 Å². The zero-order valence-electron chi connectivity index (χ0n) is 17.8. The highest BCUT2D eigenvalue weighted by Crippen LogP contribution is 2.49. The summed E-state index contributed by atoms with van der Waals surface area (Å²) in [5.41, 5.74) is 2.14. The van der Waals surface area contributed by atoms with Gasteiger partial charge in [-0.3, -0.25) is 14.6 Å². The molecule has 1 aliphatic carbocycles. The Morgan fingerprint density at radius 1 is 1.17 bits per heavy atom. The Morgan fingerprint density at radius 2 is 1.97 bits per heavy atom. The first-order chi connectivity index (χ1) is 14.7.